The van der Waals surface area contributed by atoms with Gasteiger partial charge in [-0.3, -0.25) is 0 Å². The van der Waals surface area contributed by atoms with Gasteiger partial charge in [-0.25, -0.2) is 4.79 Å². The van der Waals surface area contributed by atoms with Crippen molar-refractivity contribution >= 4 is 11.8 Å². The maximum absolute atomic E-state index is 10.1. The molecule has 0 unspecified atom stereocenters. The fourth-order valence-corrected chi connectivity index (χ4v) is 2.80. The Balaban J connectivity index is 1.87. The zero-order chi connectivity index (χ0) is 17.3. The third-order valence-corrected chi connectivity index (χ3v) is 4.28. The largest absolute Gasteiger partial charge is 0.494 e. The molecule has 3 heteroatoms. The molecular weight excluding hydrogens is 298 g/mol. The minimum Gasteiger partial charge on any atom is -0.494 e. The summed E-state index contributed by atoms with van der Waals surface area (Å²) in [5.74, 6) is 0.836. The van der Waals surface area contributed by atoms with Crippen LogP contribution in [0.4, 0.5) is 5.69 Å². The first-order valence-corrected chi connectivity index (χ1v) is 9.67. The molecule has 0 spiro atoms. The SMILES string of the molecule is CCCCCCCCCCCCCCOc1ccc(N=C=O)cc1. The summed E-state index contributed by atoms with van der Waals surface area (Å²) in [6.07, 6.45) is 17.7. The van der Waals surface area contributed by atoms with Crippen LogP contribution in [-0.2, 0) is 4.79 Å². The van der Waals surface area contributed by atoms with Crippen LogP contribution in [0, 0.1) is 0 Å². The minimum atomic E-state index is 0.614. The van der Waals surface area contributed by atoms with Crippen LogP contribution in [0.25, 0.3) is 0 Å². The van der Waals surface area contributed by atoms with Crippen LogP contribution in [-0.4, -0.2) is 12.7 Å². The molecule has 0 atom stereocenters. The van der Waals surface area contributed by atoms with E-state index in [0.717, 1.165) is 18.8 Å². The monoisotopic (exact) mass is 331 g/mol. The number of ether oxygens (including phenoxy) is 1. The normalized spacial score (nSPS) is 10.4. The first-order chi connectivity index (χ1) is 11.9. The summed E-state index contributed by atoms with van der Waals surface area (Å²) < 4.78 is 5.69. The van der Waals surface area contributed by atoms with E-state index >= 15 is 0 Å². The van der Waals surface area contributed by atoms with Crippen LogP contribution in [0.5, 0.6) is 5.75 Å². The quantitative estimate of drug-likeness (QED) is 0.203. The van der Waals surface area contributed by atoms with Gasteiger partial charge in [0, 0.05) is 0 Å². The summed E-state index contributed by atoms with van der Waals surface area (Å²) in [5, 5.41) is 0. The average Bonchev–Trinajstić information content (AvgIpc) is 2.60. The number of rotatable bonds is 15. The van der Waals surface area contributed by atoms with E-state index < -0.39 is 0 Å². The summed E-state index contributed by atoms with van der Waals surface area (Å²) >= 11 is 0. The van der Waals surface area contributed by atoms with E-state index in [1.807, 2.05) is 12.1 Å². The Bertz CT molecular complexity index is 449. The van der Waals surface area contributed by atoms with Crippen molar-refractivity contribution in [1.29, 1.82) is 0 Å². The number of hydrogen-bond acceptors (Lipinski definition) is 3. The highest BCUT2D eigenvalue weighted by molar-refractivity contribution is 5.49. The Kier molecular flexibility index (Phi) is 12.7. The highest BCUT2D eigenvalue weighted by Crippen LogP contribution is 2.18. The molecule has 1 aromatic carbocycles. The number of carbonyl (C=O) groups excluding carboxylic acids is 1. The third-order valence-electron chi connectivity index (χ3n) is 4.28. The number of isocyanates is 1. The Hall–Kier alpha value is -1.60. The molecule has 0 aliphatic carbocycles. The van der Waals surface area contributed by atoms with Crippen LogP contribution in [0.15, 0.2) is 29.3 Å². The minimum absolute atomic E-state index is 0.614. The Morgan fingerprint density at radius 1 is 0.792 bits per heavy atom. The van der Waals surface area contributed by atoms with Gasteiger partial charge in [0.05, 0.1) is 12.3 Å². The van der Waals surface area contributed by atoms with Crippen LogP contribution < -0.4 is 4.74 Å². The van der Waals surface area contributed by atoms with Crippen molar-refractivity contribution in [2.24, 2.45) is 4.99 Å². The van der Waals surface area contributed by atoms with Crippen molar-refractivity contribution < 1.29 is 9.53 Å². The molecule has 0 N–H and O–H groups in total. The molecule has 0 aliphatic heterocycles. The molecule has 134 valence electrons. The molecule has 0 aliphatic rings. The number of unbranched alkanes of at least 4 members (excludes halogenated alkanes) is 11. The van der Waals surface area contributed by atoms with E-state index in [9.17, 15) is 4.79 Å². The van der Waals surface area contributed by atoms with Crippen LogP contribution in [0.2, 0.25) is 0 Å². The second-order valence-corrected chi connectivity index (χ2v) is 6.43. The molecule has 0 saturated heterocycles. The lowest BCUT2D eigenvalue weighted by molar-refractivity contribution is 0.304. The van der Waals surface area contributed by atoms with Crippen molar-refractivity contribution in [2.45, 2.75) is 84.0 Å². The highest BCUT2D eigenvalue weighted by atomic mass is 16.5. The van der Waals surface area contributed by atoms with Crippen molar-refractivity contribution in [3.8, 4) is 5.75 Å². The second kappa shape index (κ2) is 15.0. The lowest BCUT2D eigenvalue weighted by Gasteiger charge is -2.06. The van der Waals surface area contributed by atoms with Gasteiger partial charge in [0.2, 0.25) is 6.08 Å². The van der Waals surface area contributed by atoms with Crippen LogP contribution in [0.3, 0.4) is 0 Å². The Morgan fingerprint density at radius 2 is 1.29 bits per heavy atom. The van der Waals surface area contributed by atoms with E-state index in [4.69, 9.17) is 4.74 Å². The van der Waals surface area contributed by atoms with Crippen molar-refractivity contribution in [1.82, 2.24) is 0 Å². The van der Waals surface area contributed by atoms with E-state index in [-0.39, 0.29) is 0 Å². The predicted octanol–water partition coefficient (Wildman–Crippen LogP) is 6.73. The molecule has 0 aromatic heterocycles. The summed E-state index contributed by atoms with van der Waals surface area (Å²) in [4.78, 5) is 13.7. The molecular formula is C21H33NO2. The fraction of sp³-hybridized carbons (Fsp3) is 0.667. The first kappa shape index (κ1) is 20.4. The molecule has 0 bridgehead atoms. The summed E-state index contributed by atoms with van der Waals surface area (Å²) in [6.45, 7) is 3.03. The van der Waals surface area contributed by atoms with Crippen molar-refractivity contribution in [2.75, 3.05) is 6.61 Å². The van der Waals surface area contributed by atoms with Gasteiger partial charge in [0.1, 0.15) is 5.75 Å². The van der Waals surface area contributed by atoms with Gasteiger partial charge in [0.15, 0.2) is 0 Å². The Labute approximate surface area is 147 Å². The summed E-state index contributed by atoms with van der Waals surface area (Å²) in [7, 11) is 0. The van der Waals surface area contributed by atoms with Gasteiger partial charge < -0.3 is 4.74 Å². The van der Waals surface area contributed by atoms with Crippen LogP contribution in [0.1, 0.15) is 84.0 Å². The molecule has 0 amide bonds. The summed E-state index contributed by atoms with van der Waals surface area (Å²) in [5.41, 5.74) is 0.614. The van der Waals surface area contributed by atoms with Gasteiger partial charge in [-0.05, 0) is 30.7 Å². The zero-order valence-electron chi connectivity index (χ0n) is 15.3. The van der Waals surface area contributed by atoms with E-state index in [1.165, 1.54) is 76.7 Å². The smallest absolute Gasteiger partial charge is 0.240 e. The number of hydrogen-bond donors (Lipinski definition) is 0. The van der Waals surface area contributed by atoms with E-state index in [1.54, 1.807) is 12.1 Å². The lowest BCUT2D eigenvalue weighted by atomic mass is 10.1. The molecule has 0 heterocycles. The maximum Gasteiger partial charge on any atom is 0.240 e. The number of aliphatic imine (C=N–C) groups is 1. The molecule has 0 radical (unpaired) electrons. The summed E-state index contributed by atoms with van der Waals surface area (Å²) in [6, 6.07) is 7.22. The highest BCUT2D eigenvalue weighted by Gasteiger charge is 1.96. The number of benzene rings is 1. The van der Waals surface area contributed by atoms with Crippen molar-refractivity contribution in [3.63, 3.8) is 0 Å². The maximum atomic E-state index is 10.1. The fourth-order valence-electron chi connectivity index (χ4n) is 2.80. The van der Waals surface area contributed by atoms with E-state index in [2.05, 4.69) is 11.9 Å². The lowest BCUT2D eigenvalue weighted by Crippen LogP contribution is -1.96. The van der Waals surface area contributed by atoms with Gasteiger partial charge in [-0.15, -0.1) is 0 Å². The third kappa shape index (κ3) is 11.0. The predicted molar refractivity (Wildman–Crippen MR) is 101 cm³/mol. The zero-order valence-corrected chi connectivity index (χ0v) is 15.3. The van der Waals surface area contributed by atoms with Gasteiger partial charge in [0.25, 0.3) is 0 Å². The van der Waals surface area contributed by atoms with E-state index in [0.29, 0.717) is 5.69 Å². The average molecular weight is 332 g/mol. The van der Waals surface area contributed by atoms with Gasteiger partial charge in [-0.1, -0.05) is 77.6 Å². The Morgan fingerprint density at radius 3 is 1.79 bits per heavy atom. The molecule has 3 nitrogen and oxygen atoms in total. The molecule has 1 aromatic rings. The first-order valence-electron chi connectivity index (χ1n) is 9.67. The molecule has 24 heavy (non-hydrogen) atoms. The van der Waals surface area contributed by atoms with Gasteiger partial charge in [-0.2, -0.15) is 4.99 Å². The topological polar surface area (TPSA) is 38.7 Å². The second-order valence-electron chi connectivity index (χ2n) is 6.43. The molecule has 0 saturated carbocycles. The van der Waals surface area contributed by atoms with Crippen LogP contribution >= 0.6 is 0 Å². The molecule has 0 fully saturated rings. The standard InChI is InChI=1S/C21H33NO2/c1-2-3-4-5-6-7-8-9-10-11-12-13-18-24-21-16-14-20(15-17-21)22-19-23/h14-17H,2-13,18H2,1H3. The molecule has 1 rings (SSSR count). The van der Waals surface area contributed by atoms with Gasteiger partial charge >= 0.3 is 0 Å². The van der Waals surface area contributed by atoms with Crippen molar-refractivity contribution in [3.05, 3.63) is 24.3 Å². The number of nitrogens with zero attached hydrogens (tertiary/aromatic N) is 1.